The van der Waals surface area contributed by atoms with Gasteiger partial charge in [-0.2, -0.15) is 5.10 Å². The Labute approximate surface area is 84.4 Å². The topological polar surface area (TPSA) is 55.9 Å². The quantitative estimate of drug-likeness (QED) is 0.542. The molecular weight excluding hydrogens is 176 g/mol. The molecule has 1 fully saturated rings. The van der Waals surface area contributed by atoms with Gasteiger partial charge in [0.05, 0.1) is 5.69 Å². The molecule has 1 saturated carbocycles. The molecule has 1 heterocycles. The lowest BCUT2D eigenvalue weighted by atomic mass is 10.1. The minimum absolute atomic E-state index is 0.421. The number of nitrogens with two attached hydrogens (primary N) is 1. The molecule has 4 heteroatoms. The summed E-state index contributed by atoms with van der Waals surface area (Å²) in [5.41, 5.74) is 5.25. The number of aryl methyl sites for hydroxylation is 2. The Morgan fingerprint density at radius 1 is 1.71 bits per heavy atom. The van der Waals surface area contributed by atoms with Gasteiger partial charge in [-0.3, -0.25) is 16.0 Å². The molecule has 2 rings (SSSR count). The number of hydrazine groups is 1. The number of nitrogens with zero attached hydrogens (tertiary/aromatic N) is 2. The van der Waals surface area contributed by atoms with Gasteiger partial charge in [-0.15, -0.1) is 0 Å². The summed E-state index contributed by atoms with van der Waals surface area (Å²) in [5.74, 6) is 6.31. The van der Waals surface area contributed by atoms with Crippen LogP contribution in [0.25, 0.3) is 0 Å². The van der Waals surface area contributed by atoms with E-state index in [1.807, 2.05) is 18.7 Å². The summed E-state index contributed by atoms with van der Waals surface area (Å²) in [6.45, 7) is 2.02. The summed E-state index contributed by atoms with van der Waals surface area (Å²) in [5, 5.41) is 4.33. The van der Waals surface area contributed by atoms with E-state index in [2.05, 4.69) is 16.6 Å². The van der Waals surface area contributed by atoms with E-state index in [0.29, 0.717) is 6.04 Å². The molecule has 1 aliphatic carbocycles. The zero-order valence-corrected chi connectivity index (χ0v) is 8.83. The molecule has 0 aliphatic heterocycles. The minimum Gasteiger partial charge on any atom is -0.272 e. The fourth-order valence-corrected chi connectivity index (χ4v) is 1.94. The zero-order valence-electron chi connectivity index (χ0n) is 8.83. The maximum Gasteiger partial charge on any atom is 0.0596 e. The molecule has 1 aromatic heterocycles. The van der Waals surface area contributed by atoms with Crippen LogP contribution in [-0.2, 0) is 13.5 Å². The van der Waals surface area contributed by atoms with Crippen molar-refractivity contribution in [1.29, 1.82) is 0 Å². The van der Waals surface area contributed by atoms with Crippen molar-refractivity contribution < 1.29 is 0 Å². The number of rotatable bonds is 4. The average Bonchev–Trinajstić information content (AvgIpc) is 2.91. The van der Waals surface area contributed by atoms with Crippen LogP contribution in [0.5, 0.6) is 0 Å². The summed E-state index contributed by atoms with van der Waals surface area (Å²) in [6.07, 6.45) is 3.61. The van der Waals surface area contributed by atoms with Gasteiger partial charge in [0, 0.05) is 25.2 Å². The first kappa shape index (κ1) is 9.68. The van der Waals surface area contributed by atoms with Crippen molar-refractivity contribution >= 4 is 0 Å². The summed E-state index contributed by atoms with van der Waals surface area (Å²) < 4.78 is 1.95. The predicted octanol–water partition coefficient (Wildman–Crippen LogP) is 0.513. The highest BCUT2D eigenvalue weighted by atomic mass is 15.3. The summed E-state index contributed by atoms with van der Waals surface area (Å²) in [7, 11) is 1.99. The van der Waals surface area contributed by atoms with Crippen LogP contribution in [0, 0.1) is 12.8 Å². The van der Waals surface area contributed by atoms with Crippen LogP contribution < -0.4 is 11.3 Å². The first-order valence-corrected chi connectivity index (χ1v) is 5.16. The number of aromatic nitrogens is 2. The Morgan fingerprint density at radius 2 is 2.43 bits per heavy atom. The molecule has 1 unspecified atom stereocenters. The minimum atomic E-state index is 0.421. The Bertz CT molecular complexity index is 314. The van der Waals surface area contributed by atoms with E-state index < -0.39 is 0 Å². The monoisotopic (exact) mass is 194 g/mol. The molecule has 0 spiro atoms. The van der Waals surface area contributed by atoms with Crippen LogP contribution in [0.15, 0.2) is 6.07 Å². The third kappa shape index (κ3) is 1.96. The Kier molecular flexibility index (Phi) is 2.56. The van der Waals surface area contributed by atoms with Gasteiger partial charge in [0.1, 0.15) is 0 Å². The van der Waals surface area contributed by atoms with Gasteiger partial charge in [-0.25, -0.2) is 0 Å². The van der Waals surface area contributed by atoms with Gasteiger partial charge in [-0.05, 0) is 31.7 Å². The Morgan fingerprint density at radius 3 is 2.86 bits per heavy atom. The van der Waals surface area contributed by atoms with Crippen LogP contribution in [-0.4, -0.2) is 15.8 Å². The summed E-state index contributed by atoms with van der Waals surface area (Å²) >= 11 is 0. The van der Waals surface area contributed by atoms with Crippen molar-refractivity contribution in [1.82, 2.24) is 15.2 Å². The molecule has 0 saturated heterocycles. The van der Waals surface area contributed by atoms with Gasteiger partial charge in [0.2, 0.25) is 0 Å². The lowest BCUT2D eigenvalue weighted by Gasteiger charge is -2.14. The summed E-state index contributed by atoms with van der Waals surface area (Å²) in [4.78, 5) is 0. The normalized spacial score (nSPS) is 18.5. The number of nitrogens with one attached hydrogen (secondary N) is 1. The smallest absolute Gasteiger partial charge is 0.0596 e. The maximum absolute atomic E-state index is 5.54. The van der Waals surface area contributed by atoms with Crippen LogP contribution in [0.4, 0.5) is 0 Å². The predicted molar refractivity (Wildman–Crippen MR) is 55.5 cm³/mol. The third-order valence-corrected chi connectivity index (χ3v) is 2.93. The van der Waals surface area contributed by atoms with Gasteiger partial charge >= 0.3 is 0 Å². The zero-order chi connectivity index (χ0) is 10.1. The fraction of sp³-hybridized carbons (Fsp3) is 0.700. The number of hydrogen-bond acceptors (Lipinski definition) is 3. The molecule has 3 N–H and O–H groups in total. The lowest BCUT2D eigenvalue weighted by molar-refractivity contribution is 0.460. The lowest BCUT2D eigenvalue weighted by Crippen LogP contribution is -2.38. The van der Waals surface area contributed by atoms with E-state index in [0.717, 1.165) is 18.0 Å². The molecule has 78 valence electrons. The molecule has 14 heavy (non-hydrogen) atoms. The van der Waals surface area contributed by atoms with Crippen molar-refractivity contribution in [3.8, 4) is 0 Å². The van der Waals surface area contributed by atoms with Crippen LogP contribution in [0.1, 0.15) is 24.2 Å². The van der Waals surface area contributed by atoms with Crippen molar-refractivity contribution in [3.05, 3.63) is 17.5 Å². The van der Waals surface area contributed by atoms with Crippen molar-refractivity contribution in [2.45, 2.75) is 32.2 Å². The Balaban J connectivity index is 2.04. The largest absolute Gasteiger partial charge is 0.272 e. The van der Waals surface area contributed by atoms with Crippen LogP contribution >= 0.6 is 0 Å². The standard InChI is InChI=1S/C10H18N4/c1-7-5-9(14(2)13-7)6-10(12-11)8-3-4-8/h5,8,10,12H,3-4,6,11H2,1-2H3. The van der Waals surface area contributed by atoms with Gasteiger partial charge in [0.25, 0.3) is 0 Å². The molecule has 1 atom stereocenters. The fourth-order valence-electron chi connectivity index (χ4n) is 1.94. The van der Waals surface area contributed by atoms with E-state index in [9.17, 15) is 0 Å². The molecule has 1 aliphatic rings. The molecule has 0 radical (unpaired) electrons. The van der Waals surface area contributed by atoms with E-state index in [4.69, 9.17) is 5.84 Å². The van der Waals surface area contributed by atoms with Crippen molar-refractivity contribution in [2.75, 3.05) is 0 Å². The van der Waals surface area contributed by atoms with Gasteiger partial charge < -0.3 is 0 Å². The second kappa shape index (κ2) is 3.71. The van der Waals surface area contributed by atoms with Crippen molar-refractivity contribution in [3.63, 3.8) is 0 Å². The van der Waals surface area contributed by atoms with Crippen LogP contribution in [0.2, 0.25) is 0 Å². The number of hydrogen-bond donors (Lipinski definition) is 2. The first-order valence-electron chi connectivity index (χ1n) is 5.16. The third-order valence-electron chi connectivity index (χ3n) is 2.93. The maximum atomic E-state index is 5.54. The highest BCUT2D eigenvalue weighted by molar-refractivity contribution is 5.11. The highest BCUT2D eigenvalue weighted by Crippen LogP contribution is 2.33. The Hall–Kier alpha value is -0.870. The first-order chi connectivity index (χ1) is 6.70. The van der Waals surface area contributed by atoms with E-state index in [-0.39, 0.29) is 0 Å². The van der Waals surface area contributed by atoms with E-state index in [1.165, 1.54) is 18.5 Å². The molecular formula is C10H18N4. The van der Waals surface area contributed by atoms with Crippen molar-refractivity contribution in [2.24, 2.45) is 18.8 Å². The molecule has 0 bridgehead atoms. The van der Waals surface area contributed by atoms with E-state index >= 15 is 0 Å². The van der Waals surface area contributed by atoms with Gasteiger partial charge in [-0.1, -0.05) is 0 Å². The van der Waals surface area contributed by atoms with Gasteiger partial charge in [0.15, 0.2) is 0 Å². The van der Waals surface area contributed by atoms with E-state index in [1.54, 1.807) is 0 Å². The van der Waals surface area contributed by atoms with Crippen LogP contribution in [0.3, 0.4) is 0 Å². The summed E-state index contributed by atoms with van der Waals surface area (Å²) in [6, 6.07) is 2.55. The average molecular weight is 194 g/mol. The molecule has 4 nitrogen and oxygen atoms in total. The second-order valence-electron chi connectivity index (χ2n) is 4.22. The molecule has 1 aromatic rings. The second-order valence-corrected chi connectivity index (χ2v) is 4.22. The molecule has 0 aromatic carbocycles. The SMILES string of the molecule is Cc1cc(CC(NN)C2CC2)n(C)n1. The highest BCUT2D eigenvalue weighted by Gasteiger charge is 2.30. The molecule has 0 amide bonds.